The summed E-state index contributed by atoms with van der Waals surface area (Å²) in [5.41, 5.74) is 0.707. The van der Waals surface area contributed by atoms with Crippen molar-refractivity contribution in [1.29, 1.82) is 0 Å². The van der Waals surface area contributed by atoms with E-state index < -0.39 is 0 Å². The van der Waals surface area contributed by atoms with Crippen LogP contribution in [-0.2, 0) is 0 Å². The molecule has 2 rings (SSSR count). The first-order chi connectivity index (χ1) is 8.63. The van der Waals surface area contributed by atoms with Crippen molar-refractivity contribution in [3.8, 4) is 22.9 Å². The predicted octanol–water partition coefficient (Wildman–Crippen LogP) is 2.86. The van der Waals surface area contributed by atoms with Gasteiger partial charge >= 0.3 is 0 Å². The molecule has 18 heavy (non-hydrogen) atoms. The first-order valence-electron chi connectivity index (χ1n) is 4.93. The minimum Gasteiger partial charge on any atom is -0.493 e. The maximum atomic E-state index is 5.73. The molecule has 0 bridgehead atoms. The molecule has 5 nitrogen and oxygen atoms in total. The van der Waals surface area contributed by atoms with Gasteiger partial charge < -0.3 is 9.47 Å². The van der Waals surface area contributed by atoms with Gasteiger partial charge in [-0.15, -0.1) is 0 Å². The fourth-order valence-corrected chi connectivity index (χ4v) is 1.79. The maximum absolute atomic E-state index is 5.73. The van der Waals surface area contributed by atoms with E-state index in [1.54, 1.807) is 32.4 Å². The normalized spacial score (nSPS) is 10.2. The summed E-state index contributed by atoms with van der Waals surface area (Å²) in [6.45, 7) is 0. The Bertz CT molecular complexity index is 558. The Hall–Kier alpha value is -1.59. The summed E-state index contributed by atoms with van der Waals surface area (Å²) in [4.78, 5) is 11.7. The van der Waals surface area contributed by atoms with Crippen LogP contribution in [0.1, 0.15) is 0 Å². The molecule has 0 fully saturated rings. The van der Waals surface area contributed by atoms with E-state index >= 15 is 0 Å². The summed E-state index contributed by atoms with van der Waals surface area (Å²) in [7, 11) is 3.11. The minimum atomic E-state index is 0.0415. The fraction of sp³-hybridized carbons (Fsp3) is 0.182. The van der Waals surface area contributed by atoms with E-state index in [4.69, 9.17) is 32.7 Å². The summed E-state index contributed by atoms with van der Waals surface area (Å²) in [6.07, 6.45) is 0. The lowest BCUT2D eigenvalue weighted by Crippen LogP contribution is -1.95. The number of rotatable bonds is 3. The molecule has 0 saturated carbocycles. The Labute approximate surface area is 114 Å². The van der Waals surface area contributed by atoms with Crippen LogP contribution in [-0.4, -0.2) is 29.2 Å². The standard InChI is InChI=1S/C11H9Cl2N3O2/c1-17-7-4-3-6(5-8(7)18-2)9-14-10(12)16-11(13)15-9/h3-5H,1-2H3. The van der Waals surface area contributed by atoms with Crippen LogP contribution in [0.15, 0.2) is 18.2 Å². The van der Waals surface area contributed by atoms with Gasteiger partial charge in [-0.3, -0.25) is 0 Å². The second kappa shape index (κ2) is 5.37. The molecule has 0 saturated heterocycles. The highest BCUT2D eigenvalue weighted by atomic mass is 35.5. The van der Waals surface area contributed by atoms with Crippen LogP contribution in [0.4, 0.5) is 0 Å². The molecule has 0 atom stereocenters. The van der Waals surface area contributed by atoms with Crippen LogP contribution < -0.4 is 9.47 Å². The van der Waals surface area contributed by atoms with Crippen molar-refractivity contribution in [2.45, 2.75) is 0 Å². The summed E-state index contributed by atoms with van der Waals surface area (Å²) in [5.74, 6) is 1.57. The number of hydrogen-bond donors (Lipinski definition) is 0. The quantitative estimate of drug-likeness (QED) is 0.868. The van der Waals surface area contributed by atoms with Crippen molar-refractivity contribution >= 4 is 23.2 Å². The Morgan fingerprint density at radius 1 is 0.889 bits per heavy atom. The Kier molecular flexibility index (Phi) is 3.84. The van der Waals surface area contributed by atoms with Gasteiger partial charge in [0.15, 0.2) is 17.3 Å². The smallest absolute Gasteiger partial charge is 0.227 e. The molecule has 0 aliphatic heterocycles. The van der Waals surface area contributed by atoms with Gasteiger partial charge in [-0.1, -0.05) is 0 Å². The van der Waals surface area contributed by atoms with E-state index in [1.807, 2.05) is 0 Å². The average molecular weight is 286 g/mol. The number of halogens is 2. The highest BCUT2D eigenvalue weighted by Gasteiger charge is 2.10. The van der Waals surface area contributed by atoms with Crippen molar-refractivity contribution in [3.63, 3.8) is 0 Å². The largest absolute Gasteiger partial charge is 0.493 e. The highest BCUT2D eigenvalue weighted by molar-refractivity contribution is 6.31. The van der Waals surface area contributed by atoms with Crippen LogP contribution in [0, 0.1) is 0 Å². The minimum absolute atomic E-state index is 0.0415. The number of methoxy groups -OCH3 is 2. The molecule has 0 unspecified atom stereocenters. The van der Waals surface area contributed by atoms with Crippen molar-refractivity contribution in [1.82, 2.24) is 15.0 Å². The first-order valence-corrected chi connectivity index (χ1v) is 5.69. The van der Waals surface area contributed by atoms with Crippen LogP contribution >= 0.6 is 23.2 Å². The lowest BCUT2D eigenvalue weighted by Gasteiger charge is -2.08. The van der Waals surface area contributed by atoms with E-state index in [0.29, 0.717) is 22.9 Å². The molecule has 2 aromatic rings. The second-order valence-electron chi connectivity index (χ2n) is 3.27. The molecule has 7 heteroatoms. The zero-order valence-electron chi connectivity index (χ0n) is 9.65. The van der Waals surface area contributed by atoms with E-state index in [1.165, 1.54) is 0 Å². The second-order valence-corrected chi connectivity index (χ2v) is 3.94. The topological polar surface area (TPSA) is 57.1 Å². The zero-order valence-corrected chi connectivity index (χ0v) is 11.2. The lowest BCUT2D eigenvalue weighted by molar-refractivity contribution is 0.355. The number of aromatic nitrogens is 3. The third kappa shape index (κ3) is 2.63. The highest BCUT2D eigenvalue weighted by Crippen LogP contribution is 2.31. The van der Waals surface area contributed by atoms with E-state index in [-0.39, 0.29) is 10.6 Å². The first kappa shape index (κ1) is 12.9. The van der Waals surface area contributed by atoms with E-state index in [2.05, 4.69) is 15.0 Å². The van der Waals surface area contributed by atoms with Gasteiger partial charge in [0.2, 0.25) is 10.6 Å². The lowest BCUT2D eigenvalue weighted by atomic mass is 10.2. The monoisotopic (exact) mass is 285 g/mol. The van der Waals surface area contributed by atoms with Gasteiger partial charge in [0.1, 0.15) is 0 Å². The van der Waals surface area contributed by atoms with Crippen molar-refractivity contribution in [2.75, 3.05) is 14.2 Å². The van der Waals surface area contributed by atoms with Crippen LogP contribution in [0.5, 0.6) is 11.5 Å². The SMILES string of the molecule is COc1ccc(-c2nc(Cl)nc(Cl)n2)cc1OC. The van der Waals surface area contributed by atoms with Crippen LogP contribution in [0.3, 0.4) is 0 Å². The molecule has 0 amide bonds. The average Bonchev–Trinajstić information content (AvgIpc) is 2.36. The molecule has 0 aliphatic rings. The molecule has 0 aliphatic carbocycles. The Balaban J connectivity index is 2.50. The van der Waals surface area contributed by atoms with E-state index in [9.17, 15) is 0 Å². The molecular formula is C11H9Cl2N3O2. The van der Waals surface area contributed by atoms with Gasteiger partial charge in [0.25, 0.3) is 0 Å². The molecule has 0 radical (unpaired) electrons. The molecular weight excluding hydrogens is 277 g/mol. The summed E-state index contributed by atoms with van der Waals surface area (Å²) in [5, 5.41) is 0.0829. The van der Waals surface area contributed by atoms with Crippen molar-refractivity contribution in [3.05, 3.63) is 28.8 Å². The van der Waals surface area contributed by atoms with Crippen molar-refractivity contribution < 1.29 is 9.47 Å². The van der Waals surface area contributed by atoms with E-state index in [0.717, 1.165) is 0 Å². The maximum Gasteiger partial charge on any atom is 0.227 e. The van der Waals surface area contributed by atoms with Crippen LogP contribution in [0.25, 0.3) is 11.4 Å². The molecule has 1 aromatic heterocycles. The van der Waals surface area contributed by atoms with Gasteiger partial charge in [0.05, 0.1) is 14.2 Å². The molecule has 0 N–H and O–H groups in total. The van der Waals surface area contributed by atoms with Gasteiger partial charge in [0, 0.05) is 5.56 Å². The number of benzene rings is 1. The molecule has 1 aromatic carbocycles. The van der Waals surface area contributed by atoms with Gasteiger partial charge in [-0.05, 0) is 41.4 Å². The molecule has 1 heterocycles. The van der Waals surface area contributed by atoms with Crippen LogP contribution in [0.2, 0.25) is 10.6 Å². The third-order valence-electron chi connectivity index (χ3n) is 2.22. The van der Waals surface area contributed by atoms with Gasteiger partial charge in [-0.2, -0.15) is 15.0 Å². The summed E-state index contributed by atoms with van der Waals surface area (Å²) < 4.78 is 10.3. The molecule has 0 spiro atoms. The predicted molar refractivity (Wildman–Crippen MR) is 68.4 cm³/mol. The van der Waals surface area contributed by atoms with Crippen molar-refractivity contribution in [2.24, 2.45) is 0 Å². The fourth-order valence-electron chi connectivity index (χ4n) is 1.43. The third-order valence-corrected chi connectivity index (χ3v) is 2.56. The summed E-state index contributed by atoms with van der Waals surface area (Å²) >= 11 is 11.5. The van der Waals surface area contributed by atoms with Gasteiger partial charge in [-0.25, -0.2) is 0 Å². The number of ether oxygens (including phenoxy) is 2. The zero-order chi connectivity index (χ0) is 13.1. The number of nitrogens with zero attached hydrogens (tertiary/aromatic N) is 3. The number of hydrogen-bond acceptors (Lipinski definition) is 5. The Morgan fingerprint density at radius 2 is 1.50 bits per heavy atom. The summed E-state index contributed by atoms with van der Waals surface area (Å²) in [6, 6.07) is 5.27. The Morgan fingerprint density at radius 3 is 2.06 bits per heavy atom. The molecule has 94 valence electrons.